The summed E-state index contributed by atoms with van der Waals surface area (Å²) < 4.78 is 23.8. The number of piperidine rings is 1. The van der Waals surface area contributed by atoms with Crippen molar-refractivity contribution in [1.29, 1.82) is 0 Å². The van der Waals surface area contributed by atoms with Gasteiger partial charge in [-0.1, -0.05) is 12.7 Å². The van der Waals surface area contributed by atoms with Crippen LogP contribution in [0.2, 0.25) is 0 Å². The molecule has 4 aromatic rings. The summed E-state index contributed by atoms with van der Waals surface area (Å²) in [7, 11) is 2.87. The highest BCUT2D eigenvalue weighted by atomic mass is 16.5. The Labute approximate surface area is 325 Å². The molecular formula is C39H40N8O10. The maximum atomic E-state index is 13.4. The third kappa shape index (κ3) is 9.03. The summed E-state index contributed by atoms with van der Waals surface area (Å²) >= 11 is 0. The molecule has 18 heteroatoms. The van der Waals surface area contributed by atoms with E-state index in [0.717, 1.165) is 9.80 Å². The van der Waals surface area contributed by atoms with Crippen molar-refractivity contribution in [2.24, 2.45) is 7.05 Å². The number of carbonyl (C=O) groups is 5. The minimum atomic E-state index is -1.05. The summed E-state index contributed by atoms with van der Waals surface area (Å²) in [6, 6.07) is 10.0. The van der Waals surface area contributed by atoms with E-state index in [2.05, 4.69) is 32.3 Å². The van der Waals surface area contributed by atoms with E-state index in [1.165, 1.54) is 55.3 Å². The highest BCUT2D eigenvalue weighted by molar-refractivity contribution is 6.26. The van der Waals surface area contributed by atoms with Crippen molar-refractivity contribution in [2.75, 3.05) is 51.9 Å². The predicted molar refractivity (Wildman–Crippen MR) is 203 cm³/mol. The maximum Gasteiger partial charge on any atom is 0.274 e. The Kier molecular flexibility index (Phi) is 12.4. The predicted octanol–water partition coefficient (Wildman–Crippen LogP) is 2.14. The second-order valence-electron chi connectivity index (χ2n) is 12.9. The van der Waals surface area contributed by atoms with Crippen LogP contribution in [0.25, 0.3) is 22.7 Å². The lowest BCUT2D eigenvalue weighted by Crippen LogP contribution is -2.54. The first-order valence-corrected chi connectivity index (χ1v) is 17.9. The molecule has 1 atom stereocenters. The zero-order chi connectivity index (χ0) is 40.6. The number of imide groups is 2. The molecule has 2 saturated heterocycles. The standard InChI is InChI=1S/C39H40N8O10/c1-5-6-26-34(39(53)47(37(26)51)30-12-14-32(48)45(3)38(30)52)23(2)40-15-16-54-17-18-55-19-20-56-25-8-10-28(41-22-25)35(50)42-24-7-9-27-31(21-24)57-36(43-27)29-11-13-33(49)46(4)44-29/h5-11,13,21-22,30,40H,1,12,14-20H2,2-4H3,(H,42,50)/b26-6+,34-23-. The SMILES string of the molecule is C=C/C=C1/C(=O)N(C2CCC(=O)N(C)C2=O)C(=O)/C1=C(/C)NCCOCCOCCOc1ccc(C(=O)Nc2ccc3nc(-c4ccc(=O)n(C)n4)oc3c2)nc1. The molecule has 0 radical (unpaired) electrons. The largest absolute Gasteiger partial charge is 0.490 e. The van der Waals surface area contributed by atoms with E-state index in [0.29, 0.717) is 53.7 Å². The molecule has 2 aliphatic rings. The summed E-state index contributed by atoms with van der Waals surface area (Å²) in [6.07, 6.45) is 4.40. The number of rotatable bonds is 16. The Morgan fingerprint density at radius 3 is 2.49 bits per heavy atom. The van der Waals surface area contributed by atoms with E-state index in [-0.39, 0.29) is 66.9 Å². The Morgan fingerprint density at radius 1 is 0.982 bits per heavy atom. The van der Waals surface area contributed by atoms with Crippen molar-refractivity contribution < 1.29 is 42.6 Å². The molecule has 1 aromatic carbocycles. The molecule has 2 aliphatic heterocycles. The quantitative estimate of drug-likeness (QED) is 0.0947. The fourth-order valence-electron chi connectivity index (χ4n) is 6.08. The van der Waals surface area contributed by atoms with Crippen molar-refractivity contribution in [3.05, 3.63) is 100 Å². The molecule has 57 heavy (non-hydrogen) atoms. The summed E-state index contributed by atoms with van der Waals surface area (Å²) in [5.41, 5.74) is 2.46. The number of aromatic nitrogens is 4. The summed E-state index contributed by atoms with van der Waals surface area (Å²) in [6.45, 7) is 7.01. The number of hydrogen-bond acceptors (Lipinski definition) is 14. The van der Waals surface area contributed by atoms with E-state index >= 15 is 0 Å². The lowest BCUT2D eigenvalue weighted by Gasteiger charge is -2.32. The molecule has 0 bridgehead atoms. The highest BCUT2D eigenvalue weighted by Gasteiger charge is 2.48. The van der Waals surface area contributed by atoms with Crippen LogP contribution in [0.1, 0.15) is 30.3 Å². The number of nitrogens with zero attached hydrogens (tertiary/aromatic N) is 6. The zero-order valence-corrected chi connectivity index (χ0v) is 31.5. The minimum Gasteiger partial charge on any atom is -0.490 e. The first-order chi connectivity index (χ1) is 27.5. The van der Waals surface area contributed by atoms with Crippen LogP contribution in [0.15, 0.2) is 93.4 Å². The van der Waals surface area contributed by atoms with Gasteiger partial charge in [0.15, 0.2) is 5.58 Å². The van der Waals surface area contributed by atoms with E-state index in [1.54, 1.807) is 31.2 Å². The monoisotopic (exact) mass is 780 g/mol. The molecule has 5 amide bonds. The number of nitrogens with one attached hydrogen (secondary N) is 2. The molecule has 18 nitrogen and oxygen atoms in total. The number of pyridine rings is 1. The number of likely N-dealkylation sites (tertiary alicyclic amines) is 2. The van der Waals surface area contributed by atoms with Crippen LogP contribution in [0.5, 0.6) is 5.75 Å². The van der Waals surface area contributed by atoms with Gasteiger partial charge < -0.3 is 29.3 Å². The fourth-order valence-corrected chi connectivity index (χ4v) is 6.08. The molecule has 5 heterocycles. The third-order valence-electron chi connectivity index (χ3n) is 9.04. The van der Waals surface area contributed by atoms with Crippen LogP contribution in [-0.2, 0) is 35.7 Å². The van der Waals surface area contributed by atoms with E-state index in [1.807, 2.05) is 0 Å². The number of oxazole rings is 1. The number of hydrogen-bond donors (Lipinski definition) is 2. The van der Waals surface area contributed by atoms with Gasteiger partial charge in [-0.05, 0) is 49.8 Å². The van der Waals surface area contributed by atoms with Gasteiger partial charge in [0.2, 0.25) is 11.8 Å². The average Bonchev–Trinajstić information content (AvgIpc) is 3.73. The fraction of sp³-hybridized carbons (Fsp3) is 0.308. The number of benzene rings is 1. The number of allylic oxidation sites excluding steroid dienone is 3. The van der Waals surface area contributed by atoms with Crippen molar-refractivity contribution in [1.82, 2.24) is 34.9 Å². The molecule has 3 aromatic heterocycles. The lowest BCUT2D eigenvalue weighted by atomic mass is 10.0. The highest BCUT2D eigenvalue weighted by Crippen LogP contribution is 2.32. The Hall–Kier alpha value is -6.79. The Balaban J connectivity index is 0.882. The van der Waals surface area contributed by atoms with Crippen LogP contribution in [0.4, 0.5) is 5.69 Å². The number of anilines is 1. The van der Waals surface area contributed by atoms with Crippen LogP contribution >= 0.6 is 0 Å². The van der Waals surface area contributed by atoms with Crippen molar-refractivity contribution in [3.8, 4) is 17.3 Å². The molecular weight excluding hydrogens is 740 g/mol. The van der Waals surface area contributed by atoms with Gasteiger partial charge in [-0.25, -0.2) is 14.6 Å². The molecule has 0 aliphatic carbocycles. The van der Waals surface area contributed by atoms with Crippen molar-refractivity contribution in [2.45, 2.75) is 25.8 Å². The summed E-state index contributed by atoms with van der Waals surface area (Å²) in [4.78, 5) is 86.3. The smallest absolute Gasteiger partial charge is 0.274 e. The summed E-state index contributed by atoms with van der Waals surface area (Å²) in [5.74, 6) is -1.92. The van der Waals surface area contributed by atoms with Gasteiger partial charge in [0.25, 0.3) is 29.2 Å². The van der Waals surface area contributed by atoms with E-state index in [9.17, 15) is 28.8 Å². The van der Waals surface area contributed by atoms with Gasteiger partial charge >= 0.3 is 0 Å². The van der Waals surface area contributed by atoms with Crippen LogP contribution < -0.4 is 20.9 Å². The van der Waals surface area contributed by atoms with Crippen LogP contribution in [-0.4, -0.2) is 112 Å². The summed E-state index contributed by atoms with van der Waals surface area (Å²) in [5, 5.41) is 10.0. The molecule has 2 N–H and O–H groups in total. The topological polar surface area (TPSA) is 217 Å². The van der Waals surface area contributed by atoms with Crippen molar-refractivity contribution in [3.63, 3.8) is 0 Å². The van der Waals surface area contributed by atoms with Gasteiger partial charge in [-0.2, -0.15) is 5.10 Å². The van der Waals surface area contributed by atoms with E-state index < -0.39 is 29.7 Å². The molecule has 296 valence electrons. The molecule has 6 rings (SSSR count). The maximum absolute atomic E-state index is 13.4. The molecule has 1 unspecified atom stereocenters. The number of amides is 5. The lowest BCUT2D eigenvalue weighted by molar-refractivity contribution is -0.157. The first kappa shape index (κ1) is 39.9. The van der Waals surface area contributed by atoms with Gasteiger partial charge in [0.1, 0.15) is 35.3 Å². The molecule has 0 saturated carbocycles. The van der Waals surface area contributed by atoms with E-state index in [4.69, 9.17) is 18.6 Å². The second kappa shape index (κ2) is 17.8. The normalized spacial score (nSPS) is 17.5. The zero-order valence-electron chi connectivity index (χ0n) is 31.5. The number of ether oxygens (including phenoxy) is 3. The van der Waals surface area contributed by atoms with Gasteiger partial charge in [0.05, 0.1) is 43.8 Å². The third-order valence-corrected chi connectivity index (χ3v) is 9.04. The minimum absolute atomic E-state index is 0.0537. The van der Waals surface area contributed by atoms with Crippen LogP contribution in [0.3, 0.4) is 0 Å². The van der Waals surface area contributed by atoms with Gasteiger partial charge in [-0.3, -0.25) is 38.6 Å². The van der Waals surface area contributed by atoms with Gasteiger partial charge in [0, 0.05) is 50.6 Å². The number of carbonyl (C=O) groups excluding carboxylic acids is 5. The number of likely N-dealkylation sites (N-methyl/N-ethyl adjacent to an activating group) is 1. The van der Waals surface area contributed by atoms with Crippen molar-refractivity contribution >= 4 is 46.3 Å². The second-order valence-corrected chi connectivity index (χ2v) is 12.9. The number of aryl methyl sites for hydroxylation is 1. The number of fused-ring (bicyclic) bond motifs is 1. The van der Waals surface area contributed by atoms with Gasteiger partial charge in [-0.15, -0.1) is 0 Å². The van der Waals surface area contributed by atoms with Crippen LogP contribution in [0, 0.1) is 0 Å². The Morgan fingerprint density at radius 2 is 1.75 bits per heavy atom. The Bertz CT molecular complexity index is 2350. The molecule has 0 spiro atoms. The molecule has 2 fully saturated rings. The average molecular weight is 781 g/mol. The first-order valence-electron chi connectivity index (χ1n) is 17.9.